The van der Waals surface area contributed by atoms with Crippen LogP contribution in [-0.2, 0) is 6.54 Å². The van der Waals surface area contributed by atoms with Crippen molar-refractivity contribution in [3.8, 4) is 0 Å². The van der Waals surface area contributed by atoms with Crippen LogP contribution in [0, 0.1) is 6.92 Å². The molecule has 1 aromatic rings. The first kappa shape index (κ1) is 9.80. The molecule has 1 heterocycles. The van der Waals surface area contributed by atoms with Gasteiger partial charge in [-0.25, -0.2) is 0 Å². The zero-order valence-corrected chi connectivity index (χ0v) is 9.18. The monoisotopic (exact) mass is 209 g/mol. The van der Waals surface area contributed by atoms with Crippen molar-refractivity contribution in [2.75, 3.05) is 0 Å². The Kier molecular flexibility index (Phi) is 3.26. The molecule has 0 amide bonds. The summed E-state index contributed by atoms with van der Waals surface area (Å²) in [7, 11) is 0. The van der Waals surface area contributed by atoms with Gasteiger partial charge in [-0.1, -0.05) is 16.6 Å². The molecule has 1 atom stereocenters. The largest absolute Gasteiger partial charge is 0.309 e. The van der Waals surface area contributed by atoms with E-state index in [0.717, 1.165) is 18.7 Å². The second kappa shape index (κ2) is 4.66. The van der Waals surface area contributed by atoms with Gasteiger partial charge in [-0.2, -0.15) is 0 Å². The zero-order valence-electron chi connectivity index (χ0n) is 8.36. The van der Waals surface area contributed by atoms with Gasteiger partial charge in [0.25, 0.3) is 0 Å². The fourth-order valence-corrected chi connectivity index (χ4v) is 2.21. The fraction of sp³-hybridized carbons (Fsp3) is 0.600. The molecule has 14 heavy (non-hydrogen) atoms. The van der Waals surface area contributed by atoms with Crippen LogP contribution in [0.1, 0.15) is 29.8 Å². The standard InChI is InChI=1S/C10H15N3S/c1-8-10(14-13-12-8)7-11-9-5-3-2-4-6-9/h2-3,9,11H,4-7H2,1H3. The van der Waals surface area contributed by atoms with Gasteiger partial charge in [0, 0.05) is 12.6 Å². The Hall–Kier alpha value is -0.740. The summed E-state index contributed by atoms with van der Waals surface area (Å²) in [6.45, 7) is 2.93. The number of aromatic nitrogens is 2. The lowest BCUT2D eigenvalue weighted by Crippen LogP contribution is -2.29. The van der Waals surface area contributed by atoms with Gasteiger partial charge in [0.15, 0.2) is 0 Å². The predicted molar refractivity (Wildman–Crippen MR) is 58.3 cm³/mol. The SMILES string of the molecule is Cc1nnsc1CNC1CC=CCC1. The summed E-state index contributed by atoms with van der Waals surface area (Å²) in [5.74, 6) is 0. The third-order valence-electron chi connectivity index (χ3n) is 2.57. The van der Waals surface area contributed by atoms with E-state index in [2.05, 4.69) is 27.1 Å². The summed E-state index contributed by atoms with van der Waals surface area (Å²) in [5, 5.41) is 7.54. The van der Waals surface area contributed by atoms with Crippen LogP contribution in [0.15, 0.2) is 12.2 Å². The van der Waals surface area contributed by atoms with Gasteiger partial charge in [-0.05, 0) is 37.7 Å². The molecule has 1 unspecified atom stereocenters. The Bertz CT molecular complexity index is 319. The number of allylic oxidation sites excluding steroid dienone is 1. The van der Waals surface area contributed by atoms with E-state index in [9.17, 15) is 0 Å². The predicted octanol–water partition coefficient (Wildman–Crippen LogP) is 2.04. The summed E-state index contributed by atoms with van der Waals surface area (Å²) in [6.07, 6.45) is 8.14. The molecule has 3 nitrogen and oxygen atoms in total. The van der Waals surface area contributed by atoms with Crippen molar-refractivity contribution in [3.05, 3.63) is 22.7 Å². The molecular weight excluding hydrogens is 194 g/mol. The van der Waals surface area contributed by atoms with Crippen molar-refractivity contribution >= 4 is 11.5 Å². The van der Waals surface area contributed by atoms with Crippen molar-refractivity contribution in [2.24, 2.45) is 0 Å². The Morgan fingerprint density at radius 3 is 3.14 bits per heavy atom. The van der Waals surface area contributed by atoms with E-state index in [-0.39, 0.29) is 0 Å². The van der Waals surface area contributed by atoms with Crippen LogP contribution in [0.3, 0.4) is 0 Å². The minimum atomic E-state index is 0.640. The maximum atomic E-state index is 3.99. The van der Waals surface area contributed by atoms with Crippen LogP contribution in [0.2, 0.25) is 0 Å². The average molecular weight is 209 g/mol. The maximum Gasteiger partial charge on any atom is 0.0769 e. The number of hydrogen-bond donors (Lipinski definition) is 1. The second-order valence-corrected chi connectivity index (χ2v) is 4.48. The van der Waals surface area contributed by atoms with E-state index in [1.54, 1.807) is 0 Å². The van der Waals surface area contributed by atoms with Crippen LogP contribution in [0.4, 0.5) is 0 Å². The van der Waals surface area contributed by atoms with Gasteiger partial charge < -0.3 is 5.32 Å². The first-order chi connectivity index (χ1) is 6.86. The molecule has 76 valence electrons. The number of nitrogens with one attached hydrogen (secondary N) is 1. The molecular formula is C10H15N3S. The molecule has 2 rings (SSSR count). The molecule has 0 spiro atoms. The maximum absolute atomic E-state index is 3.99. The molecule has 1 aliphatic carbocycles. The van der Waals surface area contributed by atoms with Crippen LogP contribution in [0.5, 0.6) is 0 Å². The Labute approximate surface area is 88.4 Å². The number of aryl methyl sites for hydroxylation is 1. The van der Waals surface area contributed by atoms with Gasteiger partial charge >= 0.3 is 0 Å². The van der Waals surface area contributed by atoms with E-state index in [1.807, 2.05) is 6.92 Å². The topological polar surface area (TPSA) is 37.8 Å². The lowest BCUT2D eigenvalue weighted by Gasteiger charge is -2.18. The molecule has 1 aliphatic rings. The van der Waals surface area contributed by atoms with E-state index >= 15 is 0 Å². The normalized spacial score (nSPS) is 21.4. The minimum absolute atomic E-state index is 0.640. The highest BCUT2D eigenvalue weighted by Crippen LogP contribution is 2.13. The van der Waals surface area contributed by atoms with Gasteiger partial charge in [-0.3, -0.25) is 0 Å². The molecule has 1 aromatic heterocycles. The van der Waals surface area contributed by atoms with E-state index in [1.165, 1.54) is 29.3 Å². The molecule has 4 heteroatoms. The van der Waals surface area contributed by atoms with Gasteiger partial charge in [-0.15, -0.1) is 5.10 Å². The minimum Gasteiger partial charge on any atom is -0.309 e. The Morgan fingerprint density at radius 2 is 2.50 bits per heavy atom. The van der Waals surface area contributed by atoms with Gasteiger partial charge in [0.05, 0.1) is 10.6 Å². The van der Waals surface area contributed by atoms with Crippen LogP contribution >= 0.6 is 11.5 Å². The van der Waals surface area contributed by atoms with Crippen molar-refractivity contribution in [2.45, 2.75) is 38.8 Å². The summed E-state index contributed by atoms with van der Waals surface area (Å²) in [4.78, 5) is 1.26. The zero-order chi connectivity index (χ0) is 9.80. The lowest BCUT2D eigenvalue weighted by atomic mass is 10.0. The fourth-order valence-electron chi connectivity index (χ4n) is 1.63. The third kappa shape index (κ3) is 2.39. The highest BCUT2D eigenvalue weighted by atomic mass is 32.1. The van der Waals surface area contributed by atoms with Crippen molar-refractivity contribution in [3.63, 3.8) is 0 Å². The van der Waals surface area contributed by atoms with Crippen LogP contribution in [-0.4, -0.2) is 15.6 Å². The third-order valence-corrected chi connectivity index (χ3v) is 3.39. The molecule has 0 aliphatic heterocycles. The molecule has 0 aromatic carbocycles. The van der Waals surface area contributed by atoms with Crippen molar-refractivity contribution in [1.82, 2.24) is 14.9 Å². The summed E-state index contributed by atoms with van der Waals surface area (Å²) in [5.41, 5.74) is 1.06. The molecule has 0 radical (unpaired) electrons. The van der Waals surface area contributed by atoms with Crippen LogP contribution < -0.4 is 5.32 Å². The van der Waals surface area contributed by atoms with Crippen LogP contribution in [0.25, 0.3) is 0 Å². The van der Waals surface area contributed by atoms with E-state index in [0.29, 0.717) is 6.04 Å². The van der Waals surface area contributed by atoms with Crippen molar-refractivity contribution in [1.29, 1.82) is 0 Å². The second-order valence-electron chi connectivity index (χ2n) is 3.64. The lowest BCUT2D eigenvalue weighted by molar-refractivity contribution is 0.476. The molecule has 0 fully saturated rings. The van der Waals surface area contributed by atoms with E-state index in [4.69, 9.17) is 0 Å². The summed E-state index contributed by atoms with van der Waals surface area (Å²) < 4.78 is 3.92. The highest BCUT2D eigenvalue weighted by Gasteiger charge is 2.10. The number of hydrogen-bond acceptors (Lipinski definition) is 4. The first-order valence-corrected chi connectivity index (χ1v) is 5.80. The summed E-state index contributed by atoms with van der Waals surface area (Å²) >= 11 is 1.50. The average Bonchev–Trinajstić information content (AvgIpc) is 2.63. The Balaban J connectivity index is 1.82. The van der Waals surface area contributed by atoms with Gasteiger partial charge in [0.1, 0.15) is 0 Å². The number of nitrogens with zero attached hydrogens (tertiary/aromatic N) is 2. The number of rotatable bonds is 3. The quantitative estimate of drug-likeness (QED) is 0.774. The molecule has 0 bridgehead atoms. The smallest absolute Gasteiger partial charge is 0.0769 e. The van der Waals surface area contributed by atoms with Crippen molar-refractivity contribution < 1.29 is 0 Å². The molecule has 0 saturated heterocycles. The highest BCUT2D eigenvalue weighted by molar-refractivity contribution is 7.05. The molecule has 0 saturated carbocycles. The van der Waals surface area contributed by atoms with E-state index < -0.39 is 0 Å². The Morgan fingerprint density at radius 1 is 1.57 bits per heavy atom. The summed E-state index contributed by atoms with van der Waals surface area (Å²) in [6, 6.07) is 0.640. The molecule has 1 N–H and O–H groups in total. The first-order valence-electron chi connectivity index (χ1n) is 5.02. The van der Waals surface area contributed by atoms with Gasteiger partial charge in [0.2, 0.25) is 0 Å².